The summed E-state index contributed by atoms with van der Waals surface area (Å²) in [6.07, 6.45) is 6.66. The molecule has 2 aromatic rings. The van der Waals surface area contributed by atoms with E-state index in [1.54, 1.807) is 0 Å². The van der Waals surface area contributed by atoms with Crippen LogP contribution in [0.4, 0.5) is 0 Å². The molecule has 0 aliphatic heterocycles. The Bertz CT molecular complexity index is 467. The monoisotopic (exact) mass is 423 g/mol. The molecule has 0 radical (unpaired) electrons. The predicted octanol–water partition coefficient (Wildman–Crippen LogP) is 2.02. The molecule has 18 heavy (non-hydrogen) atoms. The van der Waals surface area contributed by atoms with Crippen LogP contribution in [0, 0.1) is 53.4 Å². The zero-order valence-corrected chi connectivity index (χ0v) is 13.2. The van der Waals surface area contributed by atoms with Gasteiger partial charge in [0.2, 0.25) is 0 Å². The van der Waals surface area contributed by atoms with Crippen LogP contribution < -0.4 is 0 Å². The van der Waals surface area contributed by atoms with Crippen molar-refractivity contribution in [3.63, 3.8) is 0 Å². The Kier molecular flexibility index (Phi) is 5.09. The van der Waals surface area contributed by atoms with E-state index >= 15 is 0 Å². The topological polar surface area (TPSA) is 35.6 Å². The minimum absolute atomic E-state index is 0. The van der Waals surface area contributed by atoms with E-state index in [0.29, 0.717) is 0 Å². The van der Waals surface area contributed by atoms with Gasteiger partial charge in [-0.2, -0.15) is 24.3 Å². The summed E-state index contributed by atoms with van der Waals surface area (Å²) in [7, 11) is 0. The molecule has 0 saturated heterocycles. The molecule has 4 nitrogen and oxygen atoms in total. The van der Waals surface area contributed by atoms with Crippen LogP contribution in [0.1, 0.15) is 29.2 Å². The van der Waals surface area contributed by atoms with Gasteiger partial charge in [-0.15, -0.1) is 33.5 Å². The quantitative estimate of drug-likeness (QED) is 0.706. The molecular weight excluding hydrogens is 407 g/mol. The molecule has 0 unspecified atom stereocenters. The van der Waals surface area contributed by atoms with Crippen LogP contribution in [0.2, 0.25) is 0 Å². The van der Waals surface area contributed by atoms with E-state index in [0.717, 1.165) is 29.2 Å². The molecule has 0 aromatic carbocycles. The average Bonchev–Trinajstić information content (AvgIpc) is 2.79. The van der Waals surface area contributed by atoms with E-state index < -0.39 is 0 Å². The van der Waals surface area contributed by atoms with Gasteiger partial charge in [0.1, 0.15) is 0 Å². The molecule has 0 spiro atoms. The number of rotatable bonds is 4. The van der Waals surface area contributed by atoms with Gasteiger partial charge in [0, 0.05) is 0 Å². The summed E-state index contributed by atoms with van der Waals surface area (Å²) in [5, 5.41) is 0. The summed E-state index contributed by atoms with van der Waals surface area (Å²) < 4.78 is 3.84. The summed E-state index contributed by atoms with van der Waals surface area (Å²) in [5.74, 6) is 0. The van der Waals surface area contributed by atoms with Gasteiger partial charge in [0.05, 0.1) is 0 Å². The van der Waals surface area contributed by atoms with Gasteiger partial charge in [0.25, 0.3) is 0 Å². The van der Waals surface area contributed by atoms with Gasteiger partial charge in [-0.1, -0.05) is 5.69 Å². The SMILES string of the molecule is Cc1n[c-]n([CH-]C[CH-]n2[c-]nc(C)c2C)c1C.[Pt+4]. The van der Waals surface area contributed by atoms with Gasteiger partial charge >= 0.3 is 21.1 Å². The minimum Gasteiger partial charge on any atom is -0.640 e. The number of aryl methyl sites for hydroxylation is 2. The standard InChI is InChI=1S/C13H16N4.Pt/c1-10-12(3)16(8-14-10)6-5-7-17-9-15-11(2)13(17)4;/h6-7H,5H2,1-4H3;/q-4;+4. The first kappa shape index (κ1) is 14.9. The second-order valence-corrected chi connectivity index (χ2v) is 4.11. The van der Waals surface area contributed by atoms with Gasteiger partial charge in [-0.3, -0.25) is 0 Å². The van der Waals surface area contributed by atoms with Crippen molar-refractivity contribution < 1.29 is 21.1 Å². The molecule has 0 amide bonds. The first-order chi connectivity index (χ1) is 8.09. The van der Waals surface area contributed by atoms with Crippen LogP contribution in [0.3, 0.4) is 0 Å². The summed E-state index contributed by atoms with van der Waals surface area (Å²) in [5.41, 5.74) is 4.28. The minimum atomic E-state index is 0. The third-order valence-electron chi connectivity index (χ3n) is 3.00. The fourth-order valence-corrected chi connectivity index (χ4v) is 1.53. The first-order valence-electron chi connectivity index (χ1n) is 5.62. The molecule has 0 aliphatic rings. The maximum atomic E-state index is 4.13. The van der Waals surface area contributed by atoms with E-state index in [1.165, 1.54) is 0 Å². The van der Waals surface area contributed by atoms with E-state index in [1.807, 2.05) is 49.9 Å². The van der Waals surface area contributed by atoms with Crippen molar-refractivity contribution in [3.05, 3.63) is 48.5 Å². The number of nitrogens with zero attached hydrogens (tertiary/aromatic N) is 4. The van der Waals surface area contributed by atoms with E-state index in [-0.39, 0.29) is 21.1 Å². The zero-order valence-electron chi connectivity index (χ0n) is 11.0. The Morgan fingerprint density at radius 3 is 1.56 bits per heavy atom. The molecular formula is C13H16N4Pt. The Labute approximate surface area is 123 Å². The molecule has 2 aromatic heterocycles. The first-order valence-corrected chi connectivity index (χ1v) is 5.62. The van der Waals surface area contributed by atoms with Gasteiger partial charge in [-0.25, -0.2) is 12.2 Å². The maximum absolute atomic E-state index is 4.13. The Balaban J connectivity index is 0.00000162. The number of hydrogen-bond donors (Lipinski definition) is 0. The van der Waals surface area contributed by atoms with E-state index in [2.05, 4.69) is 22.6 Å². The molecule has 98 valence electrons. The van der Waals surface area contributed by atoms with Crippen molar-refractivity contribution in [2.24, 2.45) is 0 Å². The zero-order chi connectivity index (χ0) is 12.4. The maximum Gasteiger partial charge on any atom is 4.00 e. The molecule has 5 heteroatoms. The number of aromatic nitrogens is 4. The number of hydrogen-bond acceptors (Lipinski definition) is 2. The predicted molar refractivity (Wildman–Crippen MR) is 65.1 cm³/mol. The molecule has 2 heterocycles. The summed E-state index contributed by atoms with van der Waals surface area (Å²) in [6, 6.07) is 0. The second-order valence-electron chi connectivity index (χ2n) is 4.11. The van der Waals surface area contributed by atoms with Crippen LogP contribution in [-0.4, -0.2) is 19.1 Å². The molecule has 2 rings (SSSR count). The summed E-state index contributed by atoms with van der Waals surface area (Å²) >= 11 is 0. The average molecular weight is 423 g/mol. The molecule has 0 bridgehead atoms. The second kappa shape index (κ2) is 6.14. The van der Waals surface area contributed by atoms with Crippen LogP contribution in [0.25, 0.3) is 0 Å². The molecule has 0 fully saturated rings. The molecule has 0 aliphatic carbocycles. The molecule has 0 saturated carbocycles. The van der Waals surface area contributed by atoms with Gasteiger partial charge in [-0.05, 0) is 6.92 Å². The summed E-state index contributed by atoms with van der Waals surface area (Å²) in [4.78, 5) is 8.26. The van der Waals surface area contributed by atoms with Crippen molar-refractivity contribution in [3.8, 4) is 0 Å². The third kappa shape index (κ3) is 2.99. The smallest absolute Gasteiger partial charge is 0.640 e. The van der Waals surface area contributed by atoms with E-state index in [9.17, 15) is 0 Å². The van der Waals surface area contributed by atoms with Gasteiger partial charge < -0.3 is 19.1 Å². The van der Waals surface area contributed by atoms with Crippen molar-refractivity contribution in [1.29, 1.82) is 0 Å². The largest absolute Gasteiger partial charge is 4.00 e. The Hall–Kier alpha value is -1.15. The van der Waals surface area contributed by atoms with Crippen molar-refractivity contribution in [2.75, 3.05) is 0 Å². The van der Waals surface area contributed by atoms with E-state index in [4.69, 9.17) is 0 Å². The normalized spacial score (nSPS) is 10.0. The Morgan fingerprint density at radius 1 is 0.889 bits per heavy atom. The third-order valence-corrected chi connectivity index (χ3v) is 3.00. The Morgan fingerprint density at radius 2 is 1.28 bits per heavy atom. The van der Waals surface area contributed by atoms with Crippen molar-refractivity contribution >= 4 is 0 Å². The van der Waals surface area contributed by atoms with Crippen LogP contribution in [0.5, 0.6) is 0 Å². The van der Waals surface area contributed by atoms with Crippen molar-refractivity contribution in [2.45, 2.75) is 34.1 Å². The van der Waals surface area contributed by atoms with Crippen LogP contribution in [-0.2, 0) is 21.1 Å². The van der Waals surface area contributed by atoms with Crippen molar-refractivity contribution in [1.82, 2.24) is 19.1 Å². The van der Waals surface area contributed by atoms with Gasteiger partial charge in [0.15, 0.2) is 0 Å². The van der Waals surface area contributed by atoms with Crippen LogP contribution in [0.15, 0.2) is 0 Å². The number of imidazole rings is 2. The molecule has 0 atom stereocenters. The van der Waals surface area contributed by atoms with Crippen LogP contribution >= 0.6 is 0 Å². The fourth-order valence-electron chi connectivity index (χ4n) is 1.53. The fraction of sp³-hybridized carbons (Fsp3) is 0.385. The molecule has 0 N–H and O–H groups in total. The summed E-state index contributed by atoms with van der Waals surface area (Å²) in [6.45, 7) is 12.1.